The van der Waals surface area contributed by atoms with Crippen LogP contribution in [0.1, 0.15) is 49.4 Å². The van der Waals surface area contributed by atoms with Crippen LogP contribution in [0.3, 0.4) is 0 Å². The molecule has 1 aliphatic rings. The van der Waals surface area contributed by atoms with Crippen molar-refractivity contribution in [2.24, 2.45) is 0 Å². The van der Waals surface area contributed by atoms with Gasteiger partial charge >= 0.3 is 0 Å². The summed E-state index contributed by atoms with van der Waals surface area (Å²) in [6.07, 6.45) is 5.19. The highest BCUT2D eigenvalue weighted by Gasteiger charge is 2.46. The molecule has 8 heteroatoms. The lowest BCUT2D eigenvalue weighted by Gasteiger charge is -2.26. The van der Waals surface area contributed by atoms with Crippen LogP contribution >= 0.6 is 0 Å². The van der Waals surface area contributed by atoms with Crippen molar-refractivity contribution in [3.05, 3.63) is 89.3 Å². The predicted octanol–water partition coefficient (Wildman–Crippen LogP) is 4.99. The number of aromatic nitrogens is 1. The minimum absolute atomic E-state index is 0.0401. The standard InChI is InChI=1S/C29H30N2O6/c1-3-5-15-37-22-11-8-20(9-12-22)27(33)25-26(21-10-13-23(32)24(16-21)36-4-2)31(29(35)28(25)34)18-19-7-6-14-30-17-19/h6-14,16-17,26,32-33H,3-5,15,18H2,1-2H3/b27-25+. The number of likely N-dealkylation sites (tertiary alicyclic amines) is 1. The number of amides is 1. The van der Waals surface area contributed by atoms with Crippen molar-refractivity contribution >= 4 is 17.4 Å². The molecule has 8 nitrogen and oxygen atoms in total. The molecule has 1 fully saturated rings. The van der Waals surface area contributed by atoms with E-state index in [2.05, 4.69) is 11.9 Å². The first kappa shape index (κ1) is 25.8. The third-order valence-electron chi connectivity index (χ3n) is 6.11. The van der Waals surface area contributed by atoms with E-state index in [1.807, 2.05) is 6.07 Å². The largest absolute Gasteiger partial charge is 0.507 e. The summed E-state index contributed by atoms with van der Waals surface area (Å²) >= 11 is 0. The number of rotatable bonds is 10. The summed E-state index contributed by atoms with van der Waals surface area (Å²) in [5.74, 6) is -1.00. The molecular formula is C29H30N2O6. The minimum Gasteiger partial charge on any atom is -0.507 e. The zero-order chi connectivity index (χ0) is 26.4. The van der Waals surface area contributed by atoms with Gasteiger partial charge in [0, 0.05) is 24.5 Å². The van der Waals surface area contributed by atoms with Gasteiger partial charge < -0.3 is 24.6 Å². The molecule has 2 aromatic carbocycles. The summed E-state index contributed by atoms with van der Waals surface area (Å²) in [4.78, 5) is 32.0. The fourth-order valence-corrected chi connectivity index (χ4v) is 4.25. The number of carbonyl (C=O) groups excluding carboxylic acids is 2. The quantitative estimate of drug-likeness (QED) is 0.174. The smallest absolute Gasteiger partial charge is 0.295 e. The van der Waals surface area contributed by atoms with Gasteiger partial charge in [-0.3, -0.25) is 14.6 Å². The first-order valence-electron chi connectivity index (χ1n) is 12.3. The average molecular weight is 503 g/mol. The number of phenolic OH excluding ortho intramolecular Hbond substituents is 1. The Morgan fingerprint density at radius 2 is 1.84 bits per heavy atom. The van der Waals surface area contributed by atoms with Crippen LogP contribution < -0.4 is 9.47 Å². The Labute approximate surface area is 215 Å². The number of ketones is 1. The van der Waals surface area contributed by atoms with Crippen LogP contribution in [0.2, 0.25) is 0 Å². The molecule has 1 amide bonds. The zero-order valence-electron chi connectivity index (χ0n) is 20.9. The van der Waals surface area contributed by atoms with Crippen LogP contribution in [0.5, 0.6) is 17.2 Å². The molecule has 1 aromatic heterocycles. The lowest BCUT2D eigenvalue weighted by Crippen LogP contribution is -2.29. The molecular weight excluding hydrogens is 472 g/mol. The van der Waals surface area contributed by atoms with Gasteiger partial charge in [0.25, 0.3) is 11.7 Å². The molecule has 0 bridgehead atoms. The highest BCUT2D eigenvalue weighted by Crippen LogP contribution is 2.42. The first-order chi connectivity index (χ1) is 17.9. The predicted molar refractivity (Wildman–Crippen MR) is 138 cm³/mol. The number of aliphatic hydroxyl groups is 1. The molecule has 2 heterocycles. The number of ether oxygens (including phenoxy) is 2. The van der Waals surface area contributed by atoms with Gasteiger partial charge in [-0.1, -0.05) is 25.5 Å². The van der Waals surface area contributed by atoms with Gasteiger partial charge in [0.2, 0.25) is 0 Å². The number of phenols is 1. The Hall–Kier alpha value is -4.33. The van der Waals surface area contributed by atoms with E-state index in [9.17, 15) is 19.8 Å². The molecule has 1 saturated heterocycles. The van der Waals surface area contributed by atoms with Gasteiger partial charge in [-0.25, -0.2) is 0 Å². The molecule has 1 aliphatic heterocycles. The molecule has 37 heavy (non-hydrogen) atoms. The van der Waals surface area contributed by atoms with E-state index in [1.165, 1.54) is 11.0 Å². The fraction of sp³-hybridized carbons (Fsp3) is 0.276. The summed E-state index contributed by atoms with van der Waals surface area (Å²) in [6.45, 7) is 4.88. The Balaban J connectivity index is 1.78. The number of aliphatic hydroxyl groups excluding tert-OH is 1. The molecule has 3 aromatic rings. The molecule has 1 atom stereocenters. The van der Waals surface area contributed by atoms with E-state index < -0.39 is 17.7 Å². The number of benzene rings is 2. The molecule has 0 saturated carbocycles. The van der Waals surface area contributed by atoms with E-state index in [0.717, 1.165) is 18.4 Å². The summed E-state index contributed by atoms with van der Waals surface area (Å²) in [6, 6.07) is 14.1. The van der Waals surface area contributed by atoms with Crippen molar-refractivity contribution in [2.45, 2.75) is 39.3 Å². The Morgan fingerprint density at radius 3 is 2.51 bits per heavy atom. The Morgan fingerprint density at radius 1 is 1.05 bits per heavy atom. The normalized spacial score (nSPS) is 16.7. The SMILES string of the molecule is CCCCOc1ccc(/C(O)=C2\C(=O)C(=O)N(Cc3cccnc3)C2c2ccc(O)c(OCC)c2)cc1. The van der Waals surface area contributed by atoms with E-state index in [-0.39, 0.29) is 29.4 Å². The van der Waals surface area contributed by atoms with Crippen LogP contribution in [0.25, 0.3) is 5.76 Å². The van der Waals surface area contributed by atoms with Gasteiger partial charge in [0.1, 0.15) is 11.5 Å². The summed E-state index contributed by atoms with van der Waals surface area (Å²) in [5.41, 5.74) is 1.59. The van der Waals surface area contributed by atoms with Crippen molar-refractivity contribution < 1.29 is 29.3 Å². The minimum atomic E-state index is -0.902. The number of hydrogen-bond donors (Lipinski definition) is 2. The fourth-order valence-electron chi connectivity index (χ4n) is 4.25. The van der Waals surface area contributed by atoms with Crippen molar-refractivity contribution in [2.75, 3.05) is 13.2 Å². The molecule has 4 rings (SSSR count). The number of nitrogens with zero attached hydrogens (tertiary/aromatic N) is 2. The number of carbonyl (C=O) groups is 2. The van der Waals surface area contributed by atoms with Crippen molar-refractivity contribution in [3.8, 4) is 17.2 Å². The second-order valence-corrected chi connectivity index (χ2v) is 8.67. The number of Topliss-reactive ketones (excluding diaryl/α,β-unsaturated/α-hetero) is 1. The topological polar surface area (TPSA) is 109 Å². The summed E-state index contributed by atoms with van der Waals surface area (Å²) in [7, 11) is 0. The van der Waals surface area contributed by atoms with Gasteiger partial charge in [-0.15, -0.1) is 0 Å². The maximum absolute atomic E-state index is 13.3. The van der Waals surface area contributed by atoms with E-state index in [1.54, 1.807) is 61.8 Å². The first-order valence-corrected chi connectivity index (χ1v) is 12.3. The number of unbranched alkanes of at least 4 members (excludes halogenated alkanes) is 1. The lowest BCUT2D eigenvalue weighted by atomic mass is 9.94. The molecule has 192 valence electrons. The second-order valence-electron chi connectivity index (χ2n) is 8.67. The second kappa shape index (κ2) is 11.6. The van der Waals surface area contributed by atoms with Gasteiger partial charge in [-0.05, 0) is 66.9 Å². The molecule has 2 N–H and O–H groups in total. The average Bonchev–Trinajstić information content (AvgIpc) is 3.16. The number of pyridine rings is 1. The van der Waals surface area contributed by atoms with Gasteiger partial charge in [0.05, 0.1) is 24.8 Å². The van der Waals surface area contributed by atoms with Crippen LogP contribution in [-0.2, 0) is 16.1 Å². The number of aromatic hydroxyl groups is 1. The Bertz CT molecular complexity index is 1290. The van der Waals surface area contributed by atoms with Crippen LogP contribution in [0.4, 0.5) is 0 Å². The molecule has 1 unspecified atom stereocenters. The van der Waals surface area contributed by atoms with Gasteiger partial charge in [-0.2, -0.15) is 0 Å². The number of hydrogen-bond acceptors (Lipinski definition) is 7. The summed E-state index contributed by atoms with van der Waals surface area (Å²) < 4.78 is 11.2. The van der Waals surface area contributed by atoms with Crippen LogP contribution in [-0.4, -0.2) is 45.0 Å². The third kappa shape index (κ3) is 5.58. The molecule has 0 aliphatic carbocycles. The summed E-state index contributed by atoms with van der Waals surface area (Å²) in [5, 5.41) is 21.5. The molecule has 0 spiro atoms. The van der Waals surface area contributed by atoms with E-state index in [0.29, 0.717) is 30.1 Å². The Kier molecular flexibility index (Phi) is 8.08. The van der Waals surface area contributed by atoms with E-state index in [4.69, 9.17) is 9.47 Å². The zero-order valence-corrected chi connectivity index (χ0v) is 20.9. The lowest BCUT2D eigenvalue weighted by molar-refractivity contribution is -0.140. The van der Waals surface area contributed by atoms with Crippen LogP contribution in [0, 0.1) is 0 Å². The third-order valence-corrected chi connectivity index (χ3v) is 6.11. The van der Waals surface area contributed by atoms with Gasteiger partial charge in [0.15, 0.2) is 11.5 Å². The monoisotopic (exact) mass is 502 g/mol. The van der Waals surface area contributed by atoms with Crippen LogP contribution in [0.15, 0.2) is 72.6 Å². The highest BCUT2D eigenvalue weighted by molar-refractivity contribution is 6.46. The maximum atomic E-state index is 13.3. The van der Waals surface area contributed by atoms with Crippen molar-refractivity contribution in [1.82, 2.24) is 9.88 Å². The van der Waals surface area contributed by atoms with Crippen molar-refractivity contribution in [3.63, 3.8) is 0 Å². The molecule has 0 radical (unpaired) electrons. The highest BCUT2D eigenvalue weighted by atomic mass is 16.5. The van der Waals surface area contributed by atoms with E-state index >= 15 is 0 Å². The van der Waals surface area contributed by atoms with Crippen molar-refractivity contribution in [1.29, 1.82) is 0 Å². The maximum Gasteiger partial charge on any atom is 0.295 e.